The fraction of sp³-hybridized carbons (Fsp3) is 0.562. The Morgan fingerprint density at radius 3 is 2.29 bits per heavy atom. The van der Waals surface area contributed by atoms with Gasteiger partial charge in [-0.1, -0.05) is 6.42 Å². The van der Waals surface area contributed by atoms with Gasteiger partial charge in [0, 0.05) is 12.1 Å². The van der Waals surface area contributed by atoms with Crippen LogP contribution in [-0.4, -0.2) is 59.0 Å². The zero-order chi connectivity index (χ0) is 20.6. The lowest BCUT2D eigenvalue weighted by Gasteiger charge is -2.36. The monoisotopic (exact) mass is 412 g/mol. The number of aromatic nitrogens is 4. The first-order valence-electron chi connectivity index (χ1n) is 8.76. The highest BCUT2D eigenvalue weighted by Gasteiger charge is 2.13. The second-order valence-corrected chi connectivity index (χ2v) is 7.02. The minimum Gasteiger partial charge on any atom is -0.822 e. The number of hydrogen-bond donors (Lipinski definition) is 0. The van der Waals surface area contributed by atoms with Crippen LogP contribution in [0.4, 0.5) is 0 Å². The summed E-state index contributed by atoms with van der Waals surface area (Å²) < 4.78 is 19.1. The molecule has 0 unspecified atom stereocenters. The number of likely N-dealkylation sites (tertiary alicyclic amines) is 1. The Balaban J connectivity index is 0.000000500. The first-order chi connectivity index (χ1) is 13.3. The van der Waals surface area contributed by atoms with Gasteiger partial charge >= 0.3 is 0 Å². The van der Waals surface area contributed by atoms with Crippen molar-refractivity contribution < 1.29 is 28.7 Å². The van der Waals surface area contributed by atoms with Crippen LogP contribution in [-0.2, 0) is 11.1 Å². The van der Waals surface area contributed by atoms with Gasteiger partial charge in [0.15, 0.2) is 11.5 Å². The fourth-order valence-electron chi connectivity index (χ4n) is 2.84. The molecular formula is C16H23N5O6P-3. The predicted octanol–water partition coefficient (Wildman–Crippen LogP) is -0.981. The largest absolute Gasteiger partial charge is 0.822 e. The van der Waals surface area contributed by atoms with Gasteiger partial charge in [0.1, 0.15) is 0 Å². The molecule has 0 saturated carbocycles. The van der Waals surface area contributed by atoms with Crippen LogP contribution >= 0.6 is 7.82 Å². The molecule has 3 rings (SSSR count). The average Bonchev–Trinajstić information content (AvgIpc) is 3.14. The zero-order valence-corrected chi connectivity index (χ0v) is 16.7. The molecule has 2 heterocycles. The van der Waals surface area contributed by atoms with E-state index in [0.717, 1.165) is 18.7 Å². The Bertz CT molecular complexity index is 781. The third-order valence-electron chi connectivity index (χ3n) is 4.16. The molecule has 156 valence electrons. The summed E-state index contributed by atoms with van der Waals surface area (Å²) in [5, 5.41) is 12.8. The van der Waals surface area contributed by atoms with Crippen LogP contribution in [0.25, 0.3) is 11.4 Å². The van der Waals surface area contributed by atoms with Crippen molar-refractivity contribution in [2.45, 2.75) is 25.8 Å². The van der Waals surface area contributed by atoms with Gasteiger partial charge in [-0.05, 0) is 49.3 Å². The smallest absolute Gasteiger partial charge is 0.205 e. The van der Waals surface area contributed by atoms with Gasteiger partial charge in [-0.2, -0.15) is 12.6 Å². The summed E-state index contributed by atoms with van der Waals surface area (Å²) in [4.78, 5) is 29.8. The third-order valence-corrected chi connectivity index (χ3v) is 4.16. The predicted molar refractivity (Wildman–Crippen MR) is 94.3 cm³/mol. The molecular weight excluding hydrogens is 389 g/mol. The molecule has 1 aliphatic heterocycles. The molecule has 0 amide bonds. The van der Waals surface area contributed by atoms with Gasteiger partial charge in [0.2, 0.25) is 5.82 Å². The highest BCUT2D eigenvalue weighted by Crippen LogP contribution is 2.30. The number of benzene rings is 1. The van der Waals surface area contributed by atoms with Gasteiger partial charge < -0.3 is 33.6 Å². The lowest BCUT2D eigenvalue weighted by molar-refractivity contribution is -0.432. The molecule has 1 aliphatic rings. The maximum Gasteiger partial charge on any atom is 0.205 e. The molecule has 0 spiro atoms. The lowest BCUT2D eigenvalue weighted by atomic mass is 10.1. The van der Waals surface area contributed by atoms with Crippen LogP contribution in [0.2, 0.25) is 0 Å². The quantitative estimate of drug-likeness (QED) is 0.541. The van der Waals surface area contributed by atoms with Crippen molar-refractivity contribution in [3.05, 3.63) is 18.2 Å². The molecule has 0 radical (unpaired) electrons. The second-order valence-electron chi connectivity index (χ2n) is 6.13. The summed E-state index contributed by atoms with van der Waals surface area (Å²) in [6.07, 6.45) is 3.94. The van der Waals surface area contributed by atoms with Crippen LogP contribution in [0.5, 0.6) is 11.5 Å². The zero-order valence-electron chi connectivity index (χ0n) is 15.8. The van der Waals surface area contributed by atoms with Crippen molar-refractivity contribution in [3.63, 3.8) is 0 Å². The molecule has 0 aliphatic carbocycles. The normalized spacial score (nSPS) is 14.9. The Morgan fingerprint density at radius 1 is 1.04 bits per heavy atom. The van der Waals surface area contributed by atoms with E-state index < -0.39 is 7.82 Å². The number of tetrazole rings is 1. The molecule has 0 bridgehead atoms. The maximum atomic E-state index is 8.55. The number of rotatable bonds is 6. The van der Waals surface area contributed by atoms with Crippen molar-refractivity contribution in [1.29, 1.82) is 0 Å². The number of ether oxygens (including phenoxy) is 2. The van der Waals surface area contributed by atoms with Gasteiger partial charge in [-0.15, -0.1) is 10.2 Å². The average molecular weight is 412 g/mol. The van der Waals surface area contributed by atoms with E-state index >= 15 is 0 Å². The maximum absolute atomic E-state index is 8.55. The van der Waals surface area contributed by atoms with Crippen LogP contribution < -0.4 is 24.2 Å². The highest BCUT2D eigenvalue weighted by atomic mass is 31.2. The molecule has 0 N–H and O–H groups in total. The van der Waals surface area contributed by atoms with Gasteiger partial charge in [-0.3, -0.25) is 0 Å². The minimum atomic E-state index is -5.39. The molecule has 2 aromatic rings. The Kier molecular flexibility index (Phi) is 8.34. The lowest BCUT2D eigenvalue weighted by Crippen LogP contribution is -2.33. The molecule has 1 saturated heterocycles. The van der Waals surface area contributed by atoms with E-state index in [2.05, 4.69) is 20.3 Å². The second kappa shape index (κ2) is 10.5. The number of piperidine rings is 1. The molecule has 12 heteroatoms. The summed E-state index contributed by atoms with van der Waals surface area (Å²) in [5.41, 5.74) is 0.867. The SMILES string of the molecule is COc1ccc(-c2nnn(CCN3CCCCC3)n2)cc1OC.O=P([O-])([O-])[O-]. The van der Waals surface area contributed by atoms with Gasteiger partial charge in [-0.25, -0.2) is 0 Å². The van der Waals surface area contributed by atoms with Crippen molar-refractivity contribution in [2.24, 2.45) is 0 Å². The van der Waals surface area contributed by atoms with E-state index in [4.69, 9.17) is 28.7 Å². The van der Waals surface area contributed by atoms with E-state index in [1.807, 2.05) is 18.2 Å². The summed E-state index contributed by atoms with van der Waals surface area (Å²) in [7, 11) is -2.16. The summed E-state index contributed by atoms with van der Waals surface area (Å²) in [6, 6.07) is 5.63. The molecule has 0 atom stereocenters. The summed E-state index contributed by atoms with van der Waals surface area (Å²) in [5.74, 6) is 1.95. The van der Waals surface area contributed by atoms with Crippen molar-refractivity contribution in [2.75, 3.05) is 33.9 Å². The van der Waals surface area contributed by atoms with E-state index in [1.54, 1.807) is 19.0 Å². The summed E-state index contributed by atoms with van der Waals surface area (Å²) >= 11 is 0. The van der Waals surface area contributed by atoms with Crippen molar-refractivity contribution in [3.8, 4) is 22.9 Å². The number of methoxy groups -OCH3 is 2. The number of nitrogens with zero attached hydrogens (tertiary/aromatic N) is 5. The molecule has 11 nitrogen and oxygen atoms in total. The Morgan fingerprint density at radius 2 is 1.68 bits per heavy atom. The summed E-state index contributed by atoms with van der Waals surface area (Å²) in [6.45, 7) is 4.09. The van der Waals surface area contributed by atoms with Crippen molar-refractivity contribution in [1.82, 2.24) is 25.1 Å². The molecule has 1 aromatic heterocycles. The minimum absolute atomic E-state index is 0.601. The Labute approximate surface area is 163 Å². The van der Waals surface area contributed by atoms with Crippen LogP contribution in [0, 0.1) is 0 Å². The fourth-order valence-corrected chi connectivity index (χ4v) is 2.84. The van der Waals surface area contributed by atoms with Gasteiger partial charge in [0.05, 0.1) is 20.8 Å². The van der Waals surface area contributed by atoms with E-state index in [9.17, 15) is 0 Å². The first-order valence-corrected chi connectivity index (χ1v) is 10.2. The number of hydrogen-bond acceptors (Lipinski definition) is 10. The van der Waals surface area contributed by atoms with Crippen LogP contribution in [0.1, 0.15) is 19.3 Å². The van der Waals surface area contributed by atoms with E-state index in [1.165, 1.54) is 32.4 Å². The third kappa shape index (κ3) is 7.53. The van der Waals surface area contributed by atoms with E-state index in [-0.39, 0.29) is 0 Å². The Hall–Kier alpha value is -2.04. The standard InChI is InChI=1S/C16H23N5O2.H3O4P/c1-22-14-7-6-13(12-15(14)23-2)16-17-19-21(18-16)11-10-20-8-4-3-5-9-20;1-5(2,3)4/h6-7,12H,3-5,8-11H2,1-2H3;(H3,1,2,3,4)/p-3. The van der Waals surface area contributed by atoms with Crippen LogP contribution in [0.3, 0.4) is 0 Å². The molecule has 1 aromatic carbocycles. The first kappa shape index (κ1) is 22.3. The van der Waals surface area contributed by atoms with Crippen LogP contribution in [0.15, 0.2) is 18.2 Å². The highest BCUT2D eigenvalue weighted by molar-refractivity contribution is 7.40. The molecule has 28 heavy (non-hydrogen) atoms. The molecule has 1 fully saturated rings. The van der Waals surface area contributed by atoms with Crippen molar-refractivity contribution >= 4 is 7.82 Å². The number of phosphoric acid groups is 1. The topological polar surface area (TPSA) is 152 Å². The van der Waals surface area contributed by atoms with E-state index in [0.29, 0.717) is 17.3 Å². The van der Waals surface area contributed by atoms with Gasteiger partial charge in [0.25, 0.3) is 0 Å².